The van der Waals surface area contributed by atoms with Crippen LogP contribution in [0.2, 0.25) is 5.02 Å². The molecule has 0 saturated heterocycles. The van der Waals surface area contributed by atoms with Crippen molar-refractivity contribution in [2.24, 2.45) is 5.41 Å². The number of carbonyl (C=O) groups is 1. The maximum Gasteiger partial charge on any atom is 0.262 e. The quantitative estimate of drug-likeness (QED) is 0.850. The molecular weight excluding hydrogens is 298 g/mol. The molecule has 15 heavy (non-hydrogen) atoms. The van der Waals surface area contributed by atoms with Crippen molar-refractivity contribution in [3.63, 3.8) is 0 Å². The molecule has 0 unspecified atom stereocenters. The van der Waals surface area contributed by atoms with Crippen molar-refractivity contribution >= 4 is 44.8 Å². The smallest absolute Gasteiger partial charge is 0.262 e. The van der Waals surface area contributed by atoms with E-state index in [4.69, 9.17) is 11.6 Å². The zero-order valence-corrected chi connectivity index (χ0v) is 11.2. The highest BCUT2D eigenvalue weighted by atomic mass is 79.9. The van der Waals surface area contributed by atoms with Crippen LogP contribution in [0.25, 0.3) is 0 Å². The van der Waals surface area contributed by atoms with Gasteiger partial charge in [-0.3, -0.25) is 4.79 Å². The van der Waals surface area contributed by atoms with E-state index in [1.165, 1.54) is 24.2 Å². The first-order valence-electron chi connectivity index (χ1n) is 4.74. The fourth-order valence-corrected chi connectivity index (χ4v) is 3.15. The second-order valence-electron chi connectivity index (χ2n) is 3.91. The molecule has 1 aromatic heterocycles. The van der Waals surface area contributed by atoms with Crippen LogP contribution in [-0.4, -0.2) is 17.8 Å². The standard InChI is InChI=1S/C10H11BrClNOS/c11-5-10(2-3-10)6-13-9(14)8-7(12)1-4-15-8/h1,4H,2-3,5-6H2,(H,13,14). The minimum absolute atomic E-state index is 0.0535. The van der Waals surface area contributed by atoms with E-state index in [1.54, 1.807) is 6.07 Å². The fourth-order valence-electron chi connectivity index (χ4n) is 1.34. The van der Waals surface area contributed by atoms with Crippen molar-refractivity contribution in [2.45, 2.75) is 12.8 Å². The number of hydrogen-bond donors (Lipinski definition) is 1. The van der Waals surface area contributed by atoms with Crippen LogP contribution in [-0.2, 0) is 0 Å². The van der Waals surface area contributed by atoms with Gasteiger partial charge < -0.3 is 5.32 Å². The van der Waals surface area contributed by atoms with Crippen molar-refractivity contribution in [2.75, 3.05) is 11.9 Å². The van der Waals surface area contributed by atoms with E-state index >= 15 is 0 Å². The topological polar surface area (TPSA) is 29.1 Å². The average Bonchev–Trinajstić information content (AvgIpc) is 2.91. The molecule has 0 bridgehead atoms. The number of carbonyl (C=O) groups excluding carboxylic acids is 1. The molecule has 0 aromatic carbocycles. The average molecular weight is 309 g/mol. The maximum atomic E-state index is 11.7. The second kappa shape index (κ2) is 4.44. The molecule has 1 aliphatic carbocycles. The number of rotatable bonds is 4. The molecule has 1 amide bonds. The Hall–Kier alpha value is -0.0600. The number of amides is 1. The Morgan fingerprint density at radius 3 is 2.87 bits per heavy atom. The van der Waals surface area contributed by atoms with E-state index in [9.17, 15) is 4.79 Å². The third-order valence-corrected chi connectivity index (χ3v) is 5.22. The minimum Gasteiger partial charge on any atom is -0.351 e. The SMILES string of the molecule is O=C(NCC1(CBr)CC1)c1sccc1Cl. The third kappa shape index (κ3) is 2.55. The normalized spacial score (nSPS) is 17.5. The van der Waals surface area contributed by atoms with Crippen molar-refractivity contribution in [1.82, 2.24) is 5.32 Å². The Balaban J connectivity index is 1.91. The molecule has 2 rings (SSSR count). The predicted octanol–water partition coefficient (Wildman–Crippen LogP) is 3.31. The number of thiophene rings is 1. The van der Waals surface area contributed by atoms with E-state index in [0.717, 1.165) is 11.9 Å². The van der Waals surface area contributed by atoms with Gasteiger partial charge in [-0.05, 0) is 29.7 Å². The first-order chi connectivity index (χ1) is 7.17. The summed E-state index contributed by atoms with van der Waals surface area (Å²) >= 11 is 10.7. The van der Waals surface area contributed by atoms with Gasteiger partial charge >= 0.3 is 0 Å². The molecule has 1 aliphatic rings. The van der Waals surface area contributed by atoms with Crippen LogP contribution < -0.4 is 5.32 Å². The summed E-state index contributed by atoms with van der Waals surface area (Å²) in [5.41, 5.74) is 0.305. The second-order valence-corrected chi connectivity index (χ2v) is 5.80. The zero-order chi connectivity index (χ0) is 10.9. The Bertz CT molecular complexity index is 375. The first kappa shape index (κ1) is 11.4. The molecule has 5 heteroatoms. The van der Waals surface area contributed by atoms with Gasteiger partial charge in [-0.15, -0.1) is 11.3 Å². The van der Waals surface area contributed by atoms with Crippen LogP contribution in [0.5, 0.6) is 0 Å². The highest BCUT2D eigenvalue weighted by molar-refractivity contribution is 9.09. The van der Waals surface area contributed by atoms with E-state index in [2.05, 4.69) is 21.2 Å². The number of halogens is 2. The van der Waals surface area contributed by atoms with Gasteiger partial charge in [-0.2, -0.15) is 0 Å². The van der Waals surface area contributed by atoms with Gasteiger partial charge in [-0.1, -0.05) is 27.5 Å². The molecule has 0 atom stereocenters. The van der Waals surface area contributed by atoms with Crippen molar-refractivity contribution in [3.8, 4) is 0 Å². The Kier molecular flexibility index (Phi) is 3.38. The number of hydrogen-bond acceptors (Lipinski definition) is 2. The van der Waals surface area contributed by atoms with Crippen molar-refractivity contribution < 1.29 is 4.79 Å². The first-order valence-corrected chi connectivity index (χ1v) is 7.12. The van der Waals surface area contributed by atoms with Gasteiger partial charge in [0.25, 0.3) is 5.91 Å². The van der Waals surface area contributed by atoms with E-state index in [0.29, 0.717) is 15.3 Å². The molecule has 2 nitrogen and oxygen atoms in total. The lowest BCUT2D eigenvalue weighted by Crippen LogP contribution is -2.30. The summed E-state index contributed by atoms with van der Waals surface area (Å²) in [4.78, 5) is 12.3. The van der Waals surface area contributed by atoms with Gasteiger partial charge in [0, 0.05) is 11.9 Å². The molecule has 1 aromatic rings. The summed E-state index contributed by atoms with van der Waals surface area (Å²) in [5, 5.41) is 6.26. The highest BCUT2D eigenvalue weighted by Crippen LogP contribution is 2.46. The van der Waals surface area contributed by atoms with Crippen LogP contribution in [0.15, 0.2) is 11.4 Å². The third-order valence-electron chi connectivity index (χ3n) is 2.69. The highest BCUT2D eigenvalue weighted by Gasteiger charge is 2.41. The maximum absolute atomic E-state index is 11.7. The van der Waals surface area contributed by atoms with Gasteiger partial charge in [-0.25, -0.2) is 0 Å². The summed E-state index contributed by atoms with van der Waals surface area (Å²) < 4.78 is 0. The Morgan fingerprint density at radius 1 is 1.67 bits per heavy atom. The Labute approximate surface area is 106 Å². The van der Waals surface area contributed by atoms with Crippen LogP contribution >= 0.6 is 38.9 Å². The van der Waals surface area contributed by atoms with Crippen LogP contribution in [0, 0.1) is 5.41 Å². The summed E-state index contributed by atoms with van der Waals surface area (Å²) in [6, 6.07) is 1.75. The Morgan fingerprint density at radius 2 is 2.40 bits per heavy atom. The van der Waals surface area contributed by atoms with E-state index < -0.39 is 0 Å². The molecule has 1 N–H and O–H groups in total. The van der Waals surface area contributed by atoms with Gasteiger partial charge in [0.1, 0.15) is 4.88 Å². The van der Waals surface area contributed by atoms with Gasteiger partial charge in [0.15, 0.2) is 0 Å². The van der Waals surface area contributed by atoms with Crippen molar-refractivity contribution in [3.05, 3.63) is 21.3 Å². The monoisotopic (exact) mass is 307 g/mol. The lowest BCUT2D eigenvalue weighted by Gasteiger charge is -2.11. The van der Waals surface area contributed by atoms with Crippen LogP contribution in [0.3, 0.4) is 0 Å². The molecule has 1 fully saturated rings. The summed E-state index contributed by atoms with van der Waals surface area (Å²) in [6.07, 6.45) is 2.38. The van der Waals surface area contributed by atoms with Crippen LogP contribution in [0.4, 0.5) is 0 Å². The van der Waals surface area contributed by atoms with E-state index in [1.807, 2.05) is 5.38 Å². The molecule has 0 radical (unpaired) electrons. The minimum atomic E-state index is -0.0535. The zero-order valence-electron chi connectivity index (χ0n) is 8.06. The molecule has 1 heterocycles. The lowest BCUT2D eigenvalue weighted by molar-refractivity contribution is 0.0951. The molecule has 1 saturated carbocycles. The molecule has 82 valence electrons. The predicted molar refractivity (Wildman–Crippen MR) is 67.1 cm³/mol. The lowest BCUT2D eigenvalue weighted by atomic mass is 10.1. The van der Waals surface area contributed by atoms with E-state index in [-0.39, 0.29) is 5.91 Å². The van der Waals surface area contributed by atoms with Crippen molar-refractivity contribution in [1.29, 1.82) is 0 Å². The summed E-state index contributed by atoms with van der Waals surface area (Å²) in [7, 11) is 0. The van der Waals surface area contributed by atoms with Gasteiger partial charge in [0.05, 0.1) is 5.02 Å². The largest absolute Gasteiger partial charge is 0.351 e. The fraction of sp³-hybridized carbons (Fsp3) is 0.500. The number of nitrogens with one attached hydrogen (secondary N) is 1. The number of alkyl halides is 1. The summed E-state index contributed by atoms with van der Waals surface area (Å²) in [5.74, 6) is -0.0535. The molecular formula is C10H11BrClNOS. The summed E-state index contributed by atoms with van der Waals surface area (Å²) in [6.45, 7) is 0.741. The van der Waals surface area contributed by atoms with Gasteiger partial charge in [0.2, 0.25) is 0 Å². The van der Waals surface area contributed by atoms with Crippen LogP contribution in [0.1, 0.15) is 22.5 Å². The molecule has 0 aliphatic heterocycles. The molecule has 0 spiro atoms.